The summed E-state index contributed by atoms with van der Waals surface area (Å²) in [7, 11) is 0. The van der Waals surface area contributed by atoms with Gasteiger partial charge in [-0.3, -0.25) is 9.59 Å². The van der Waals surface area contributed by atoms with Crippen molar-refractivity contribution >= 4 is 11.8 Å². The van der Waals surface area contributed by atoms with Crippen LogP contribution < -0.4 is 10.1 Å². The number of ether oxygens (including phenoxy) is 1. The molecular formula is C31H38N2O3. The van der Waals surface area contributed by atoms with Crippen molar-refractivity contribution in [2.75, 3.05) is 13.2 Å². The molecule has 3 aromatic carbocycles. The second-order valence-electron chi connectivity index (χ2n) is 9.15. The summed E-state index contributed by atoms with van der Waals surface area (Å²) in [5, 5.41) is 3.05. The van der Waals surface area contributed by atoms with Gasteiger partial charge in [0.05, 0.1) is 0 Å². The van der Waals surface area contributed by atoms with Crippen LogP contribution in [0.1, 0.15) is 48.9 Å². The number of hydrogen-bond acceptors (Lipinski definition) is 3. The predicted octanol–water partition coefficient (Wildman–Crippen LogP) is 5.49. The van der Waals surface area contributed by atoms with Gasteiger partial charge in [0.25, 0.3) is 5.91 Å². The van der Waals surface area contributed by atoms with E-state index in [1.165, 1.54) is 5.56 Å². The first-order chi connectivity index (χ1) is 17.5. The molecule has 0 aliphatic carbocycles. The van der Waals surface area contributed by atoms with Crippen LogP contribution >= 0.6 is 0 Å². The lowest BCUT2D eigenvalue weighted by Crippen LogP contribution is -2.51. The second kappa shape index (κ2) is 14.1. The lowest BCUT2D eigenvalue weighted by molar-refractivity contribution is -0.142. The molecule has 0 radical (unpaired) electrons. The number of benzene rings is 3. The molecule has 190 valence electrons. The molecule has 3 rings (SSSR count). The summed E-state index contributed by atoms with van der Waals surface area (Å²) in [6.45, 7) is 7.00. The van der Waals surface area contributed by atoms with Crippen LogP contribution in [0, 0.1) is 6.92 Å². The summed E-state index contributed by atoms with van der Waals surface area (Å²) in [5.41, 5.74) is 4.31. The number of hydrogen-bond donors (Lipinski definition) is 1. The van der Waals surface area contributed by atoms with E-state index in [2.05, 4.69) is 25.2 Å². The Morgan fingerprint density at radius 3 is 2.28 bits per heavy atom. The van der Waals surface area contributed by atoms with Crippen molar-refractivity contribution in [3.8, 4) is 5.75 Å². The summed E-state index contributed by atoms with van der Waals surface area (Å²) in [4.78, 5) is 28.7. The number of aryl methyl sites for hydroxylation is 2. The van der Waals surface area contributed by atoms with Crippen molar-refractivity contribution in [3.05, 3.63) is 101 Å². The van der Waals surface area contributed by atoms with E-state index in [9.17, 15) is 9.59 Å². The molecule has 0 heterocycles. The van der Waals surface area contributed by atoms with Crippen molar-refractivity contribution in [3.63, 3.8) is 0 Å². The van der Waals surface area contributed by atoms with E-state index in [0.29, 0.717) is 25.3 Å². The zero-order chi connectivity index (χ0) is 25.8. The Hall–Kier alpha value is -3.60. The zero-order valence-electron chi connectivity index (χ0n) is 21.7. The lowest BCUT2D eigenvalue weighted by atomic mass is 10.0. The minimum Gasteiger partial charge on any atom is -0.484 e. The third-order valence-electron chi connectivity index (χ3n) is 6.23. The maximum atomic E-state index is 13.6. The van der Waals surface area contributed by atoms with Crippen LogP contribution in [0.5, 0.6) is 5.75 Å². The Balaban J connectivity index is 1.86. The SMILES string of the molecule is CCCCNC(=O)[C@@H](Cc1ccccc1)N(Cc1cccc(C)c1)C(=O)COc1ccc(CC)cc1. The van der Waals surface area contributed by atoms with Crippen LogP contribution in [0.2, 0.25) is 0 Å². The van der Waals surface area contributed by atoms with Gasteiger partial charge in [-0.05, 0) is 48.6 Å². The van der Waals surface area contributed by atoms with Crippen molar-refractivity contribution in [1.82, 2.24) is 10.2 Å². The van der Waals surface area contributed by atoms with Crippen LogP contribution in [0.15, 0.2) is 78.9 Å². The topological polar surface area (TPSA) is 58.6 Å². The number of unbranched alkanes of at least 4 members (excludes halogenated alkanes) is 1. The molecule has 2 amide bonds. The molecule has 0 fully saturated rings. The first-order valence-electron chi connectivity index (χ1n) is 12.9. The van der Waals surface area contributed by atoms with Crippen LogP contribution in [-0.4, -0.2) is 35.9 Å². The van der Waals surface area contributed by atoms with Gasteiger partial charge in [-0.2, -0.15) is 0 Å². The van der Waals surface area contributed by atoms with Gasteiger partial charge in [-0.25, -0.2) is 0 Å². The fraction of sp³-hybridized carbons (Fsp3) is 0.355. The van der Waals surface area contributed by atoms with Gasteiger partial charge < -0.3 is 15.0 Å². The molecule has 0 spiro atoms. The van der Waals surface area contributed by atoms with Gasteiger partial charge >= 0.3 is 0 Å². The van der Waals surface area contributed by atoms with Gasteiger partial charge in [-0.1, -0.05) is 92.6 Å². The normalized spacial score (nSPS) is 11.5. The fourth-order valence-corrected chi connectivity index (χ4v) is 4.12. The molecule has 36 heavy (non-hydrogen) atoms. The third kappa shape index (κ3) is 8.26. The zero-order valence-corrected chi connectivity index (χ0v) is 21.7. The number of carbonyl (C=O) groups is 2. The summed E-state index contributed by atoms with van der Waals surface area (Å²) >= 11 is 0. The number of nitrogens with one attached hydrogen (secondary N) is 1. The number of amides is 2. The fourth-order valence-electron chi connectivity index (χ4n) is 4.12. The molecule has 1 atom stereocenters. The summed E-state index contributed by atoms with van der Waals surface area (Å²) < 4.78 is 5.87. The molecule has 0 saturated heterocycles. The van der Waals surface area contributed by atoms with Crippen molar-refractivity contribution in [1.29, 1.82) is 0 Å². The van der Waals surface area contributed by atoms with E-state index in [1.54, 1.807) is 4.90 Å². The van der Waals surface area contributed by atoms with E-state index in [4.69, 9.17) is 4.74 Å². The predicted molar refractivity (Wildman–Crippen MR) is 145 cm³/mol. The average molecular weight is 487 g/mol. The Bertz CT molecular complexity index is 1100. The monoisotopic (exact) mass is 486 g/mol. The molecule has 3 aromatic rings. The quantitative estimate of drug-likeness (QED) is 0.325. The van der Waals surface area contributed by atoms with Gasteiger partial charge in [0, 0.05) is 19.5 Å². The number of carbonyl (C=O) groups excluding carboxylic acids is 2. The molecule has 0 aliphatic heterocycles. The highest BCUT2D eigenvalue weighted by atomic mass is 16.5. The molecule has 0 unspecified atom stereocenters. The maximum Gasteiger partial charge on any atom is 0.261 e. The Labute approximate surface area is 215 Å². The molecule has 0 aromatic heterocycles. The van der Waals surface area contributed by atoms with Gasteiger partial charge in [-0.15, -0.1) is 0 Å². The largest absolute Gasteiger partial charge is 0.484 e. The Morgan fingerprint density at radius 2 is 1.61 bits per heavy atom. The van der Waals surface area contributed by atoms with Gasteiger partial charge in [0.15, 0.2) is 6.61 Å². The number of rotatable bonds is 13. The molecule has 1 N–H and O–H groups in total. The maximum absolute atomic E-state index is 13.6. The molecule has 5 heteroatoms. The van der Waals surface area contributed by atoms with Crippen LogP contribution in [-0.2, 0) is 29.0 Å². The van der Waals surface area contributed by atoms with Crippen molar-refractivity contribution < 1.29 is 14.3 Å². The second-order valence-corrected chi connectivity index (χ2v) is 9.15. The van der Waals surface area contributed by atoms with Gasteiger partial charge in [0.2, 0.25) is 5.91 Å². The highest BCUT2D eigenvalue weighted by Crippen LogP contribution is 2.17. The average Bonchev–Trinajstić information content (AvgIpc) is 2.90. The van der Waals surface area contributed by atoms with E-state index in [0.717, 1.165) is 36.0 Å². The van der Waals surface area contributed by atoms with E-state index in [1.807, 2.05) is 79.7 Å². The minimum atomic E-state index is -0.650. The summed E-state index contributed by atoms with van der Waals surface area (Å²) in [6.07, 6.45) is 3.26. The van der Waals surface area contributed by atoms with E-state index in [-0.39, 0.29) is 18.4 Å². The lowest BCUT2D eigenvalue weighted by Gasteiger charge is -2.31. The number of nitrogens with zero attached hydrogens (tertiary/aromatic N) is 1. The Kier molecular flexibility index (Phi) is 10.6. The highest BCUT2D eigenvalue weighted by molar-refractivity contribution is 5.88. The highest BCUT2D eigenvalue weighted by Gasteiger charge is 2.30. The van der Waals surface area contributed by atoms with Crippen molar-refractivity contribution in [2.24, 2.45) is 0 Å². The Morgan fingerprint density at radius 1 is 0.889 bits per heavy atom. The van der Waals surface area contributed by atoms with Crippen molar-refractivity contribution in [2.45, 2.75) is 59.0 Å². The summed E-state index contributed by atoms with van der Waals surface area (Å²) in [6, 6.07) is 25.0. The molecular weight excluding hydrogens is 448 g/mol. The first kappa shape index (κ1) is 27.0. The van der Waals surface area contributed by atoms with Crippen LogP contribution in [0.3, 0.4) is 0 Å². The van der Waals surface area contributed by atoms with Crippen LogP contribution in [0.4, 0.5) is 0 Å². The van der Waals surface area contributed by atoms with E-state index < -0.39 is 6.04 Å². The molecule has 0 aliphatic rings. The van der Waals surface area contributed by atoms with Gasteiger partial charge in [0.1, 0.15) is 11.8 Å². The molecule has 0 saturated carbocycles. The van der Waals surface area contributed by atoms with E-state index >= 15 is 0 Å². The molecule has 0 bridgehead atoms. The summed E-state index contributed by atoms with van der Waals surface area (Å²) in [5.74, 6) is 0.284. The van der Waals surface area contributed by atoms with Crippen LogP contribution in [0.25, 0.3) is 0 Å². The standard InChI is InChI=1S/C31H38N2O3/c1-4-6-19-32-31(35)29(21-26-12-8-7-9-13-26)33(22-27-14-10-11-24(3)20-27)30(34)23-36-28-17-15-25(5-2)16-18-28/h7-18,20,29H,4-6,19,21-23H2,1-3H3,(H,32,35)/t29-/m1/s1. The third-order valence-corrected chi connectivity index (χ3v) is 6.23. The molecule has 5 nitrogen and oxygen atoms in total. The minimum absolute atomic E-state index is 0.134. The first-order valence-corrected chi connectivity index (χ1v) is 12.9. The smallest absolute Gasteiger partial charge is 0.261 e.